The molecule has 0 spiro atoms. The SMILES string of the molecule is CN=C(NCc1ccc(C)cc1OC1CCOC1)NCC(C)(C)NS(C)(=O)=O.I. The Hall–Kier alpha value is -1.11. The van der Waals surface area contributed by atoms with Crippen LogP contribution in [0.25, 0.3) is 0 Å². The summed E-state index contributed by atoms with van der Waals surface area (Å²) in [5, 5.41) is 6.41. The van der Waals surface area contributed by atoms with E-state index in [1.807, 2.05) is 39.0 Å². The number of hydrogen-bond donors (Lipinski definition) is 3. The lowest BCUT2D eigenvalue weighted by atomic mass is 10.1. The number of guanidine groups is 1. The molecule has 0 bridgehead atoms. The molecular weight excluding hydrogens is 507 g/mol. The average molecular weight is 540 g/mol. The molecule has 1 atom stereocenters. The van der Waals surface area contributed by atoms with Crippen molar-refractivity contribution >= 4 is 40.0 Å². The third-order valence-electron chi connectivity index (χ3n) is 4.23. The molecule has 29 heavy (non-hydrogen) atoms. The summed E-state index contributed by atoms with van der Waals surface area (Å²) in [6.45, 7) is 7.92. The predicted octanol–water partition coefficient (Wildman–Crippen LogP) is 1.77. The second-order valence-corrected chi connectivity index (χ2v) is 9.50. The van der Waals surface area contributed by atoms with Gasteiger partial charge >= 0.3 is 0 Å². The lowest BCUT2D eigenvalue weighted by Gasteiger charge is -2.26. The minimum Gasteiger partial charge on any atom is -0.488 e. The fourth-order valence-electron chi connectivity index (χ4n) is 2.95. The molecule has 1 aromatic carbocycles. The lowest BCUT2D eigenvalue weighted by Crippen LogP contribution is -2.52. The Morgan fingerprint density at radius 1 is 1.34 bits per heavy atom. The van der Waals surface area contributed by atoms with Crippen LogP contribution in [-0.4, -0.2) is 59.1 Å². The zero-order valence-electron chi connectivity index (χ0n) is 17.7. The number of aliphatic imine (C=N–C) groups is 1. The zero-order chi connectivity index (χ0) is 20.8. The third-order valence-corrected chi connectivity index (χ3v) is 5.16. The van der Waals surface area contributed by atoms with Crippen LogP contribution in [-0.2, 0) is 21.3 Å². The second kappa shape index (κ2) is 11.3. The Kier molecular flexibility index (Phi) is 10.1. The van der Waals surface area contributed by atoms with Crippen LogP contribution >= 0.6 is 24.0 Å². The molecule has 1 aromatic rings. The van der Waals surface area contributed by atoms with E-state index < -0.39 is 15.6 Å². The quantitative estimate of drug-likeness (QED) is 0.264. The van der Waals surface area contributed by atoms with E-state index in [1.54, 1.807) is 7.05 Å². The third kappa shape index (κ3) is 9.49. The van der Waals surface area contributed by atoms with Gasteiger partial charge in [0.1, 0.15) is 11.9 Å². The summed E-state index contributed by atoms with van der Waals surface area (Å²) in [5.41, 5.74) is 1.51. The number of halogens is 1. The van der Waals surface area contributed by atoms with Crippen molar-refractivity contribution in [1.82, 2.24) is 15.4 Å². The van der Waals surface area contributed by atoms with Crippen LogP contribution in [0.4, 0.5) is 0 Å². The molecule has 0 amide bonds. The first-order chi connectivity index (χ1) is 13.1. The van der Waals surface area contributed by atoms with Crippen LogP contribution < -0.4 is 20.1 Å². The Labute approximate surface area is 191 Å². The van der Waals surface area contributed by atoms with Crippen LogP contribution in [0.5, 0.6) is 5.75 Å². The van der Waals surface area contributed by atoms with Crippen LogP contribution in [0.3, 0.4) is 0 Å². The van der Waals surface area contributed by atoms with Crippen LogP contribution in [0.2, 0.25) is 0 Å². The maximum atomic E-state index is 11.5. The molecular formula is C19H33IN4O4S. The molecule has 0 radical (unpaired) electrons. The normalized spacial score (nSPS) is 17.6. The summed E-state index contributed by atoms with van der Waals surface area (Å²) in [4.78, 5) is 4.21. The number of sulfonamides is 1. The highest BCUT2D eigenvalue weighted by Crippen LogP contribution is 2.23. The number of aryl methyl sites for hydroxylation is 1. The second-order valence-electron chi connectivity index (χ2n) is 7.75. The summed E-state index contributed by atoms with van der Waals surface area (Å²) in [6, 6.07) is 6.12. The summed E-state index contributed by atoms with van der Waals surface area (Å²) < 4.78 is 37.1. The van der Waals surface area contributed by atoms with E-state index in [2.05, 4.69) is 20.3 Å². The number of ether oxygens (including phenoxy) is 2. The van der Waals surface area contributed by atoms with Gasteiger partial charge in [0.05, 0.1) is 19.5 Å². The molecule has 1 unspecified atom stereocenters. The number of rotatable bonds is 8. The highest BCUT2D eigenvalue weighted by molar-refractivity contribution is 14.0. The van der Waals surface area contributed by atoms with Gasteiger partial charge in [-0.3, -0.25) is 4.99 Å². The highest BCUT2D eigenvalue weighted by atomic mass is 127. The van der Waals surface area contributed by atoms with Gasteiger partial charge in [0.2, 0.25) is 10.0 Å². The van der Waals surface area contributed by atoms with Crippen molar-refractivity contribution in [2.24, 2.45) is 4.99 Å². The van der Waals surface area contributed by atoms with E-state index in [-0.39, 0.29) is 30.1 Å². The summed E-state index contributed by atoms with van der Waals surface area (Å²) in [5.74, 6) is 1.43. The van der Waals surface area contributed by atoms with E-state index >= 15 is 0 Å². The van der Waals surface area contributed by atoms with Gasteiger partial charge in [-0.15, -0.1) is 24.0 Å². The van der Waals surface area contributed by atoms with Gasteiger partial charge in [-0.1, -0.05) is 12.1 Å². The minimum atomic E-state index is -3.29. The van der Waals surface area contributed by atoms with Crippen molar-refractivity contribution in [3.05, 3.63) is 29.3 Å². The molecule has 1 aliphatic heterocycles. The monoisotopic (exact) mass is 540 g/mol. The molecule has 10 heteroatoms. The first-order valence-electron chi connectivity index (χ1n) is 9.35. The van der Waals surface area contributed by atoms with Crippen molar-refractivity contribution in [3.8, 4) is 5.75 Å². The van der Waals surface area contributed by atoms with Crippen molar-refractivity contribution in [3.63, 3.8) is 0 Å². The largest absolute Gasteiger partial charge is 0.488 e. The number of nitrogens with one attached hydrogen (secondary N) is 3. The highest BCUT2D eigenvalue weighted by Gasteiger charge is 2.22. The smallest absolute Gasteiger partial charge is 0.209 e. The van der Waals surface area contributed by atoms with Crippen molar-refractivity contribution in [2.45, 2.75) is 45.4 Å². The molecule has 166 valence electrons. The Bertz CT molecular complexity index is 793. The number of nitrogens with zero attached hydrogens (tertiary/aromatic N) is 1. The van der Waals surface area contributed by atoms with Gasteiger partial charge in [0, 0.05) is 37.7 Å². The summed E-state index contributed by atoms with van der Waals surface area (Å²) >= 11 is 0. The number of benzene rings is 1. The van der Waals surface area contributed by atoms with Gasteiger partial charge in [-0.2, -0.15) is 0 Å². The topological polar surface area (TPSA) is 101 Å². The fraction of sp³-hybridized carbons (Fsp3) is 0.632. The molecule has 1 fully saturated rings. The Morgan fingerprint density at radius 3 is 2.66 bits per heavy atom. The van der Waals surface area contributed by atoms with Gasteiger partial charge in [-0.05, 0) is 32.4 Å². The molecule has 1 heterocycles. The Morgan fingerprint density at radius 2 is 2.07 bits per heavy atom. The lowest BCUT2D eigenvalue weighted by molar-refractivity contribution is 0.140. The molecule has 1 saturated heterocycles. The van der Waals surface area contributed by atoms with Crippen LogP contribution in [0.1, 0.15) is 31.4 Å². The Balaban J connectivity index is 0.00000420. The minimum absolute atomic E-state index is 0. The maximum absolute atomic E-state index is 11.5. The standard InChI is InChI=1S/C19H32N4O4S.HI/c1-14-6-7-15(17(10-14)27-16-8-9-26-12-16)11-21-18(20-4)22-13-19(2,3)23-28(5,24)25;/h6-7,10,16,23H,8-9,11-13H2,1-5H3,(H2,20,21,22);1H. The fourth-order valence-corrected chi connectivity index (χ4v) is 4.02. The van der Waals surface area contributed by atoms with Crippen molar-refractivity contribution < 1.29 is 17.9 Å². The molecule has 0 saturated carbocycles. The summed E-state index contributed by atoms with van der Waals surface area (Å²) in [7, 11) is -1.61. The van der Waals surface area contributed by atoms with Gasteiger partial charge in [-0.25, -0.2) is 13.1 Å². The van der Waals surface area contributed by atoms with E-state index in [0.717, 1.165) is 36.2 Å². The first-order valence-corrected chi connectivity index (χ1v) is 11.2. The van der Waals surface area contributed by atoms with E-state index in [1.165, 1.54) is 0 Å². The zero-order valence-corrected chi connectivity index (χ0v) is 20.9. The van der Waals surface area contributed by atoms with E-state index in [9.17, 15) is 8.42 Å². The van der Waals surface area contributed by atoms with Crippen molar-refractivity contribution in [1.29, 1.82) is 0 Å². The molecule has 1 aliphatic rings. The molecule has 3 N–H and O–H groups in total. The number of hydrogen-bond acceptors (Lipinski definition) is 5. The molecule has 2 rings (SSSR count). The van der Waals surface area contributed by atoms with Gasteiger partial charge in [0.25, 0.3) is 0 Å². The van der Waals surface area contributed by atoms with Gasteiger partial charge in [0.15, 0.2) is 5.96 Å². The predicted molar refractivity (Wildman–Crippen MR) is 127 cm³/mol. The molecule has 8 nitrogen and oxygen atoms in total. The van der Waals surface area contributed by atoms with Crippen LogP contribution in [0.15, 0.2) is 23.2 Å². The van der Waals surface area contributed by atoms with Crippen molar-refractivity contribution in [2.75, 3.05) is 33.1 Å². The van der Waals surface area contributed by atoms with E-state index in [0.29, 0.717) is 25.7 Å². The average Bonchev–Trinajstić information content (AvgIpc) is 3.07. The van der Waals surface area contributed by atoms with E-state index in [4.69, 9.17) is 9.47 Å². The van der Waals surface area contributed by atoms with Crippen LogP contribution in [0, 0.1) is 6.92 Å². The van der Waals surface area contributed by atoms with Gasteiger partial charge < -0.3 is 20.1 Å². The summed E-state index contributed by atoms with van der Waals surface area (Å²) in [6.07, 6.45) is 2.13. The maximum Gasteiger partial charge on any atom is 0.209 e. The molecule has 0 aromatic heterocycles. The molecule has 0 aliphatic carbocycles. The first kappa shape index (κ1) is 25.9.